The maximum absolute atomic E-state index is 13.5. The number of rotatable bonds is 5. The fourth-order valence-electron chi connectivity index (χ4n) is 1.98. The number of nitrogens with one attached hydrogen (secondary N) is 2. The normalized spacial score (nSPS) is 11.0. The Labute approximate surface area is 141 Å². The van der Waals surface area contributed by atoms with E-state index >= 15 is 0 Å². The molecule has 1 amide bonds. The molecule has 9 nitrogen and oxygen atoms in total. The lowest BCUT2D eigenvalue weighted by Crippen LogP contribution is -2.15. The molecule has 25 heavy (non-hydrogen) atoms. The smallest absolute Gasteiger partial charge is 0.295 e. The van der Waals surface area contributed by atoms with Crippen LogP contribution in [0.2, 0.25) is 0 Å². The van der Waals surface area contributed by atoms with E-state index in [9.17, 15) is 27.7 Å². The molecule has 0 heterocycles. The Morgan fingerprint density at radius 1 is 1.20 bits per heavy atom. The van der Waals surface area contributed by atoms with Gasteiger partial charge in [-0.25, -0.2) is 12.8 Å². The third-order valence-corrected chi connectivity index (χ3v) is 3.62. The molecule has 0 aliphatic heterocycles. The maximum Gasteiger partial charge on any atom is 0.295 e. The summed E-state index contributed by atoms with van der Waals surface area (Å²) in [6, 6.07) is 7.00. The summed E-state index contributed by atoms with van der Waals surface area (Å²) in [5.41, 5.74) is 4.54. The molecule has 0 fully saturated rings. The van der Waals surface area contributed by atoms with Crippen LogP contribution in [0.4, 0.5) is 27.1 Å². The molecule has 0 bridgehead atoms. The van der Waals surface area contributed by atoms with Crippen LogP contribution in [-0.2, 0) is 10.0 Å². The molecular formula is C14H13FN4O5S. The van der Waals surface area contributed by atoms with Crippen molar-refractivity contribution < 1.29 is 22.5 Å². The molecule has 0 spiro atoms. The number of nitro groups is 1. The van der Waals surface area contributed by atoms with Gasteiger partial charge in [-0.05, 0) is 30.3 Å². The molecule has 2 aromatic rings. The largest absolute Gasteiger partial charge is 0.393 e. The van der Waals surface area contributed by atoms with Gasteiger partial charge in [-0.3, -0.25) is 19.6 Å². The van der Waals surface area contributed by atoms with Gasteiger partial charge in [-0.15, -0.1) is 0 Å². The average Bonchev–Trinajstić information content (AvgIpc) is 2.49. The van der Waals surface area contributed by atoms with Crippen LogP contribution in [0.3, 0.4) is 0 Å². The van der Waals surface area contributed by atoms with E-state index in [4.69, 9.17) is 5.73 Å². The lowest BCUT2D eigenvalue weighted by molar-refractivity contribution is -0.384. The topological polar surface area (TPSA) is 144 Å². The molecule has 0 saturated carbocycles. The van der Waals surface area contributed by atoms with Crippen molar-refractivity contribution in [1.29, 1.82) is 0 Å². The number of hydrogen-bond donors (Lipinski definition) is 3. The second kappa shape index (κ2) is 6.73. The third-order valence-electron chi connectivity index (χ3n) is 3.01. The second-order valence-electron chi connectivity index (χ2n) is 5.05. The monoisotopic (exact) mass is 368 g/mol. The number of halogens is 1. The predicted molar refractivity (Wildman–Crippen MR) is 90.3 cm³/mol. The molecule has 0 aromatic heterocycles. The minimum Gasteiger partial charge on any atom is -0.393 e. The fraction of sp³-hybridized carbons (Fsp3) is 0.0714. The number of nitro benzene ring substituents is 1. The van der Waals surface area contributed by atoms with Crippen molar-refractivity contribution in [3.05, 3.63) is 57.9 Å². The van der Waals surface area contributed by atoms with Gasteiger partial charge in [0.2, 0.25) is 10.0 Å². The van der Waals surface area contributed by atoms with Gasteiger partial charge in [-0.2, -0.15) is 0 Å². The SMILES string of the molecule is CS(=O)(=O)Nc1ccc(NC(=O)c2cc(F)cc([N+](=O)[O-])c2N)cc1. The summed E-state index contributed by atoms with van der Waals surface area (Å²) in [6.07, 6.45) is 0.988. The highest BCUT2D eigenvalue weighted by molar-refractivity contribution is 7.92. The summed E-state index contributed by atoms with van der Waals surface area (Å²) in [6.45, 7) is 0. The fourth-order valence-corrected chi connectivity index (χ4v) is 2.54. The van der Waals surface area contributed by atoms with Crippen molar-refractivity contribution >= 4 is 38.7 Å². The van der Waals surface area contributed by atoms with Crippen molar-refractivity contribution in [1.82, 2.24) is 0 Å². The van der Waals surface area contributed by atoms with E-state index in [2.05, 4.69) is 10.0 Å². The van der Waals surface area contributed by atoms with Gasteiger partial charge in [0.15, 0.2) is 0 Å². The molecule has 2 rings (SSSR count). The van der Waals surface area contributed by atoms with Crippen LogP contribution >= 0.6 is 0 Å². The zero-order valence-corrected chi connectivity index (χ0v) is 13.6. The molecular weight excluding hydrogens is 355 g/mol. The number of nitrogen functional groups attached to an aromatic ring is 1. The van der Waals surface area contributed by atoms with E-state index in [1.165, 1.54) is 24.3 Å². The van der Waals surface area contributed by atoms with Crippen molar-refractivity contribution in [3.63, 3.8) is 0 Å². The molecule has 0 unspecified atom stereocenters. The number of sulfonamides is 1. The van der Waals surface area contributed by atoms with Gasteiger partial charge in [0.05, 0.1) is 22.8 Å². The predicted octanol–water partition coefficient (Wildman–Crippen LogP) is 1.94. The first-order valence-corrected chi connectivity index (χ1v) is 8.58. The van der Waals surface area contributed by atoms with Gasteiger partial charge < -0.3 is 11.1 Å². The van der Waals surface area contributed by atoms with E-state index in [-0.39, 0.29) is 16.9 Å². The van der Waals surface area contributed by atoms with E-state index in [0.29, 0.717) is 6.07 Å². The first kappa shape index (κ1) is 18.1. The van der Waals surface area contributed by atoms with Crippen LogP contribution in [0.1, 0.15) is 10.4 Å². The highest BCUT2D eigenvalue weighted by Crippen LogP contribution is 2.27. The lowest BCUT2D eigenvalue weighted by atomic mass is 10.1. The number of anilines is 3. The Morgan fingerprint density at radius 2 is 1.76 bits per heavy atom. The quantitative estimate of drug-likeness (QED) is 0.418. The number of amides is 1. The number of nitrogens with two attached hydrogens (primary N) is 1. The molecule has 0 aliphatic rings. The average molecular weight is 368 g/mol. The van der Waals surface area contributed by atoms with Crippen molar-refractivity contribution in [2.45, 2.75) is 0 Å². The van der Waals surface area contributed by atoms with Gasteiger partial charge in [0.1, 0.15) is 11.5 Å². The molecule has 0 saturated heterocycles. The lowest BCUT2D eigenvalue weighted by Gasteiger charge is -2.09. The molecule has 11 heteroatoms. The number of carbonyl (C=O) groups is 1. The van der Waals surface area contributed by atoms with Crippen LogP contribution < -0.4 is 15.8 Å². The third kappa shape index (κ3) is 4.64. The summed E-state index contributed by atoms with van der Waals surface area (Å²) in [5.74, 6) is -1.82. The maximum atomic E-state index is 13.5. The minimum absolute atomic E-state index is 0.260. The highest BCUT2D eigenvalue weighted by atomic mass is 32.2. The standard InChI is InChI=1S/C14H13FN4O5S/c1-25(23,24)18-10-4-2-9(3-5-10)17-14(20)11-6-8(15)7-12(13(11)16)19(21)22/h2-7,18H,16H2,1H3,(H,17,20). The Balaban J connectivity index is 2.24. The molecule has 2 aromatic carbocycles. The van der Waals surface area contributed by atoms with Crippen LogP contribution in [-0.4, -0.2) is 25.5 Å². The summed E-state index contributed by atoms with van der Waals surface area (Å²) in [4.78, 5) is 22.1. The van der Waals surface area contributed by atoms with Crippen molar-refractivity contribution in [2.75, 3.05) is 22.0 Å². The first-order chi connectivity index (χ1) is 11.6. The van der Waals surface area contributed by atoms with Crippen LogP contribution in [0, 0.1) is 15.9 Å². The molecule has 132 valence electrons. The number of benzene rings is 2. The van der Waals surface area contributed by atoms with E-state index in [0.717, 1.165) is 12.3 Å². The van der Waals surface area contributed by atoms with E-state index < -0.39 is 38.0 Å². The number of carbonyl (C=O) groups excluding carboxylic acids is 1. The minimum atomic E-state index is -3.44. The summed E-state index contributed by atoms with van der Waals surface area (Å²) >= 11 is 0. The molecule has 0 radical (unpaired) electrons. The van der Waals surface area contributed by atoms with E-state index in [1.54, 1.807) is 0 Å². The van der Waals surface area contributed by atoms with Crippen LogP contribution in [0.5, 0.6) is 0 Å². The highest BCUT2D eigenvalue weighted by Gasteiger charge is 2.21. The van der Waals surface area contributed by atoms with Crippen molar-refractivity contribution in [2.24, 2.45) is 0 Å². The van der Waals surface area contributed by atoms with Crippen molar-refractivity contribution in [3.8, 4) is 0 Å². The number of nitrogens with zero attached hydrogens (tertiary/aromatic N) is 1. The summed E-state index contributed by atoms with van der Waals surface area (Å²) < 4.78 is 38.0. The molecule has 4 N–H and O–H groups in total. The van der Waals surface area contributed by atoms with Gasteiger partial charge in [0.25, 0.3) is 11.6 Å². The Hall–Kier alpha value is -3.21. The first-order valence-electron chi connectivity index (χ1n) is 6.69. The number of hydrogen-bond acceptors (Lipinski definition) is 6. The molecule has 0 atom stereocenters. The van der Waals surface area contributed by atoms with Gasteiger partial charge >= 0.3 is 0 Å². The zero-order chi connectivity index (χ0) is 18.8. The summed E-state index contributed by atoms with van der Waals surface area (Å²) in [7, 11) is -3.44. The Bertz CT molecular complexity index is 944. The Kier molecular flexibility index (Phi) is 4.88. The van der Waals surface area contributed by atoms with Crippen LogP contribution in [0.25, 0.3) is 0 Å². The second-order valence-corrected chi connectivity index (χ2v) is 6.80. The van der Waals surface area contributed by atoms with Gasteiger partial charge in [-0.1, -0.05) is 0 Å². The molecule has 0 aliphatic carbocycles. The van der Waals surface area contributed by atoms with E-state index in [1.807, 2.05) is 0 Å². The van der Waals surface area contributed by atoms with Crippen LogP contribution in [0.15, 0.2) is 36.4 Å². The Morgan fingerprint density at radius 3 is 2.28 bits per heavy atom. The zero-order valence-electron chi connectivity index (χ0n) is 12.8. The summed E-state index contributed by atoms with van der Waals surface area (Å²) in [5, 5.41) is 13.2. The van der Waals surface area contributed by atoms with Gasteiger partial charge in [0, 0.05) is 11.4 Å².